The fourth-order valence-corrected chi connectivity index (χ4v) is 2.46. The van der Waals surface area contributed by atoms with Crippen LogP contribution in [0.15, 0.2) is 0 Å². The standard InChI is InChI=1S/C15H29N3O3/c1-5-18(10-13(19)20)12-8-11(9-12)17-14(21)16-7-6-15(2,3)4/h11-12H,5-10H2,1-4H3,(H,19,20)(H2,16,17,21). The zero-order valence-electron chi connectivity index (χ0n) is 13.6. The zero-order chi connectivity index (χ0) is 16.0. The van der Waals surface area contributed by atoms with Crippen molar-refractivity contribution in [3.63, 3.8) is 0 Å². The number of carboxylic acid groups (broad SMARTS) is 1. The summed E-state index contributed by atoms with van der Waals surface area (Å²) in [4.78, 5) is 24.4. The molecule has 2 amide bonds. The molecule has 0 aromatic rings. The van der Waals surface area contributed by atoms with Gasteiger partial charge in [0.15, 0.2) is 0 Å². The minimum Gasteiger partial charge on any atom is -0.480 e. The maximum atomic E-state index is 11.7. The quantitative estimate of drug-likeness (QED) is 0.668. The number of likely N-dealkylation sites (N-methyl/N-ethyl adjacent to an activating group) is 1. The number of hydrogen-bond acceptors (Lipinski definition) is 3. The topological polar surface area (TPSA) is 81.7 Å². The molecule has 0 aromatic carbocycles. The molecule has 1 saturated carbocycles. The molecule has 6 nitrogen and oxygen atoms in total. The summed E-state index contributed by atoms with van der Waals surface area (Å²) in [7, 11) is 0. The van der Waals surface area contributed by atoms with Crippen LogP contribution in [-0.4, -0.2) is 53.7 Å². The molecule has 1 rings (SSSR count). The number of rotatable bonds is 7. The van der Waals surface area contributed by atoms with Crippen LogP contribution in [0.2, 0.25) is 0 Å². The molecule has 0 radical (unpaired) electrons. The highest BCUT2D eigenvalue weighted by Gasteiger charge is 2.34. The van der Waals surface area contributed by atoms with Crippen molar-refractivity contribution in [3.8, 4) is 0 Å². The van der Waals surface area contributed by atoms with Crippen molar-refractivity contribution >= 4 is 12.0 Å². The van der Waals surface area contributed by atoms with Gasteiger partial charge in [0.25, 0.3) is 0 Å². The molecule has 21 heavy (non-hydrogen) atoms. The molecule has 0 heterocycles. The van der Waals surface area contributed by atoms with Gasteiger partial charge < -0.3 is 15.7 Å². The van der Waals surface area contributed by atoms with E-state index in [2.05, 4.69) is 31.4 Å². The number of nitrogens with one attached hydrogen (secondary N) is 2. The lowest BCUT2D eigenvalue weighted by molar-refractivity contribution is -0.139. The van der Waals surface area contributed by atoms with Crippen molar-refractivity contribution in [1.82, 2.24) is 15.5 Å². The minimum atomic E-state index is -0.798. The maximum absolute atomic E-state index is 11.7. The van der Waals surface area contributed by atoms with Gasteiger partial charge in [-0.15, -0.1) is 0 Å². The summed E-state index contributed by atoms with van der Waals surface area (Å²) >= 11 is 0. The number of aliphatic carboxylic acids is 1. The van der Waals surface area contributed by atoms with E-state index in [1.807, 2.05) is 11.8 Å². The van der Waals surface area contributed by atoms with Gasteiger partial charge in [0.1, 0.15) is 0 Å². The molecule has 1 fully saturated rings. The zero-order valence-corrected chi connectivity index (χ0v) is 13.6. The first-order valence-corrected chi connectivity index (χ1v) is 7.71. The highest BCUT2D eigenvalue weighted by Crippen LogP contribution is 2.25. The van der Waals surface area contributed by atoms with Crippen LogP contribution >= 0.6 is 0 Å². The summed E-state index contributed by atoms with van der Waals surface area (Å²) in [6.45, 7) is 9.86. The third-order valence-corrected chi connectivity index (χ3v) is 3.87. The summed E-state index contributed by atoms with van der Waals surface area (Å²) in [5.74, 6) is -0.798. The molecule has 1 aliphatic rings. The molecule has 0 saturated heterocycles. The van der Waals surface area contributed by atoms with E-state index in [0.29, 0.717) is 6.54 Å². The third kappa shape index (κ3) is 6.80. The molecule has 0 aliphatic heterocycles. The lowest BCUT2D eigenvalue weighted by Crippen LogP contribution is -2.56. The summed E-state index contributed by atoms with van der Waals surface area (Å²) in [5.41, 5.74) is 0.216. The molecule has 0 aromatic heterocycles. The van der Waals surface area contributed by atoms with Crippen LogP contribution < -0.4 is 10.6 Å². The molecular formula is C15H29N3O3. The minimum absolute atomic E-state index is 0.0751. The van der Waals surface area contributed by atoms with Crippen molar-refractivity contribution in [2.75, 3.05) is 19.6 Å². The molecular weight excluding hydrogens is 270 g/mol. The molecule has 122 valence electrons. The average Bonchev–Trinajstić information content (AvgIpc) is 2.28. The first-order chi connectivity index (χ1) is 9.71. The van der Waals surface area contributed by atoms with Gasteiger partial charge >= 0.3 is 12.0 Å². The van der Waals surface area contributed by atoms with Gasteiger partial charge in [-0.2, -0.15) is 0 Å². The highest BCUT2D eigenvalue weighted by atomic mass is 16.4. The lowest BCUT2D eigenvalue weighted by atomic mass is 9.85. The Hall–Kier alpha value is -1.30. The Morgan fingerprint density at radius 3 is 2.38 bits per heavy atom. The molecule has 0 spiro atoms. The Kier molecular flexibility index (Phi) is 6.45. The second kappa shape index (κ2) is 7.64. The fourth-order valence-electron chi connectivity index (χ4n) is 2.46. The Labute approximate surface area is 127 Å². The van der Waals surface area contributed by atoms with Gasteiger partial charge in [-0.1, -0.05) is 27.7 Å². The van der Waals surface area contributed by atoms with Crippen LogP contribution in [-0.2, 0) is 4.79 Å². The number of hydrogen-bond donors (Lipinski definition) is 3. The normalized spacial score (nSPS) is 21.8. The van der Waals surface area contributed by atoms with E-state index in [0.717, 1.165) is 25.8 Å². The van der Waals surface area contributed by atoms with E-state index in [1.54, 1.807) is 0 Å². The van der Waals surface area contributed by atoms with Crippen molar-refractivity contribution in [2.45, 2.75) is 59.0 Å². The maximum Gasteiger partial charge on any atom is 0.317 e. The summed E-state index contributed by atoms with van der Waals surface area (Å²) < 4.78 is 0. The van der Waals surface area contributed by atoms with Crippen LogP contribution in [0.1, 0.15) is 47.0 Å². The van der Waals surface area contributed by atoms with Crippen LogP contribution in [0.5, 0.6) is 0 Å². The Morgan fingerprint density at radius 2 is 1.90 bits per heavy atom. The average molecular weight is 299 g/mol. The predicted molar refractivity (Wildman–Crippen MR) is 82.3 cm³/mol. The molecule has 0 bridgehead atoms. The van der Waals surface area contributed by atoms with Crippen LogP contribution in [0.25, 0.3) is 0 Å². The summed E-state index contributed by atoms with van der Waals surface area (Å²) in [5, 5.41) is 14.6. The lowest BCUT2D eigenvalue weighted by Gasteiger charge is -2.42. The van der Waals surface area contributed by atoms with Gasteiger partial charge in [0, 0.05) is 18.6 Å². The predicted octanol–water partition coefficient (Wildman–Crippen LogP) is 1.66. The van der Waals surface area contributed by atoms with Gasteiger partial charge in [-0.25, -0.2) is 4.79 Å². The highest BCUT2D eigenvalue weighted by molar-refractivity contribution is 5.74. The number of carbonyl (C=O) groups excluding carboxylic acids is 1. The SMILES string of the molecule is CCN(CC(=O)O)C1CC(NC(=O)NCCC(C)(C)C)C1. The van der Waals surface area contributed by atoms with Crippen LogP contribution in [0.3, 0.4) is 0 Å². The van der Waals surface area contributed by atoms with E-state index < -0.39 is 5.97 Å². The van der Waals surface area contributed by atoms with E-state index in [4.69, 9.17) is 5.11 Å². The van der Waals surface area contributed by atoms with Crippen molar-refractivity contribution in [1.29, 1.82) is 0 Å². The first kappa shape index (κ1) is 17.8. The number of urea groups is 1. The first-order valence-electron chi connectivity index (χ1n) is 7.71. The smallest absolute Gasteiger partial charge is 0.317 e. The second-order valence-electron chi connectivity index (χ2n) is 6.99. The van der Waals surface area contributed by atoms with Crippen molar-refractivity contribution in [3.05, 3.63) is 0 Å². The number of carbonyl (C=O) groups is 2. The Balaban J connectivity index is 2.19. The summed E-state index contributed by atoms with van der Waals surface area (Å²) in [6, 6.07) is 0.308. The van der Waals surface area contributed by atoms with Crippen molar-refractivity contribution in [2.24, 2.45) is 5.41 Å². The van der Waals surface area contributed by atoms with Crippen molar-refractivity contribution < 1.29 is 14.7 Å². The van der Waals surface area contributed by atoms with E-state index in [1.165, 1.54) is 0 Å². The van der Waals surface area contributed by atoms with E-state index in [9.17, 15) is 9.59 Å². The molecule has 0 unspecified atom stereocenters. The molecule has 6 heteroatoms. The van der Waals surface area contributed by atoms with Gasteiger partial charge in [0.05, 0.1) is 6.54 Å². The van der Waals surface area contributed by atoms with E-state index >= 15 is 0 Å². The summed E-state index contributed by atoms with van der Waals surface area (Å²) in [6.07, 6.45) is 2.59. The number of amides is 2. The van der Waals surface area contributed by atoms with Gasteiger partial charge in [-0.3, -0.25) is 9.69 Å². The Morgan fingerprint density at radius 1 is 1.29 bits per heavy atom. The second-order valence-corrected chi connectivity index (χ2v) is 6.99. The monoisotopic (exact) mass is 299 g/mol. The molecule has 1 aliphatic carbocycles. The third-order valence-electron chi connectivity index (χ3n) is 3.87. The molecule has 3 N–H and O–H groups in total. The van der Waals surface area contributed by atoms with E-state index in [-0.39, 0.29) is 30.1 Å². The largest absolute Gasteiger partial charge is 0.480 e. The van der Waals surface area contributed by atoms with Crippen LogP contribution in [0, 0.1) is 5.41 Å². The molecule has 0 atom stereocenters. The van der Waals surface area contributed by atoms with Crippen LogP contribution in [0.4, 0.5) is 4.79 Å². The Bertz CT molecular complexity index is 360. The number of nitrogens with zero attached hydrogens (tertiary/aromatic N) is 1. The fraction of sp³-hybridized carbons (Fsp3) is 0.867. The van der Waals surface area contributed by atoms with Gasteiger partial charge in [-0.05, 0) is 31.2 Å². The van der Waals surface area contributed by atoms with Gasteiger partial charge in [0.2, 0.25) is 0 Å². The number of carboxylic acids is 1.